The molecule has 6 nitrogen and oxygen atoms in total. The van der Waals surface area contributed by atoms with Gasteiger partial charge in [0.2, 0.25) is 15.9 Å². The Labute approximate surface area is 189 Å². The van der Waals surface area contributed by atoms with Gasteiger partial charge in [-0.25, -0.2) is 8.42 Å². The van der Waals surface area contributed by atoms with Crippen molar-refractivity contribution >= 4 is 27.5 Å². The predicted molar refractivity (Wildman–Crippen MR) is 122 cm³/mol. The van der Waals surface area contributed by atoms with E-state index in [1.807, 2.05) is 43.0 Å². The fourth-order valence-electron chi connectivity index (χ4n) is 3.70. The van der Waals surface area contributed by atoms with Crippen LogP contribution >= 0.6 is 11.6 Å². The summed E-state index contributed by atoms with van der Waals surface area (Å²) in [6.07, 6.45) is 0.780. The van der Waals surface area contributed by atoms with Crippen molar-refractivity contribution in [2.45, 2.75) is 37.7 Å². The van der Waals surface area contributed by atoms with E-state index in [1.165, 1.54) is 4.31 Å². The summed E-state index contributed by atoms with van der Waals surface area (Å²) in [7, 11) is -3.47. The van der Waals surface area contributed by atoms with Gasteiger partial charge in [-0.15, -0.1) is 0 Å². The van der Waals surface area contributed by atoms with Crippen LogP contribution in [0, 0.1) is 0 Å². The Morgan fingerprint density at radius 1 is 1.10 bits per heavy atom. The lowest BCUT2D eigenvalue weighted by atomic mass is 10.1. The molecule has 1 saturated heterocycles. The molecule has 3 rings (SSSR count). The zero-order valence-electron chi connectivity index (χ0n) is 18.0. The molecule has 1 amide bonds. The standard InChI is InChI=1S/C23H29ClN2O4S/c1-3-26(4-2)31(28,29)21-12-5-18(6-13-21)7-14-23(27)25-15-16-30-22(17-25)19-8-10-20(24)11-9-19/h5-6,8-13,22H,3-4,7,14-17H2,1-2H3. The minimum absolute atomic E-state index is 0.0714. The number of morpholine rings is 1. The number of sulfonamides is 1. The van der Waals surface area contributed by atoms with E-state index in [0.717, 1.165) is 11.1 Å². The van der Waals surface area contributed by atoms with E-state index in [2.05, 4.69) is 0 Å². The molecule has 0 saturated carbocycles. The molecule has 0 spiro atoms. The average molecular weight is 465 g/mol. The zero-order chi connectivity index (χ0) is 22.4. The summed E-state index contributed by atoms with van der Waals surface area (Å²) in [5, 5.41) is 0.670. The van der Waals surface area contributed by atoms with Crippen LogP contribution in [0.4, 0.5) is 0 Å². The Hall–Kier alpha value is -1.93. The maximum Gasteiger partial charge on any atom is 0.243 e. The van der Waals surface area contributed by atoms with Crippen LogP contribution in [0.3, 0.4) is 0 Å². The van der Waals surface area contributed by atoms with Crippen molar-refractivity contribution in [1.82, 2.24) is 9.21 Å². The molecule has 31 heavy (non-hydrogen) atoms. The van der Waals surface area contributed by atoms with Crippen molar-refractivity contribution in [3.63, 3.8) is 0 Å². The molecular weight excluding hydrogens is 436 g/mol. The van der Waals surface area contributed by atoms with Gasteiger partial charge in [0.15, 0.2) is 0 Å². The molecule has 2 aromatic rings. The minimum atomic E-state index is -3.47. The first-order chi connectivity index (χ1) is 14.8. The number of hydrogen-bond acceptors (Lipinski definition) is 4. The maximum atomic E-state index is 12.7. The Morgan fingerprint density at radius 2 is 1.74 bits per heavy atom. The van der Waals surface area contributed by atoms with Crippen molar-refractivity contribution in [3.05, 3.63) is 64.7 Å². The van der Waals surface area contributed by atoms with E-state index in [4.69, 9.17) is 16.3 Å². The van der Waals surface area contributed by atoms with Crippen LogP contribution in [-0.2, 0) is 26.0 Å². The maximum absolute atomic E-state index is 12.7. The number of aryl methyl sites for hydroxylation is 1. The van der Waals surface area contributed by atoms with Gasteiger partial charge in [-0.3, -0.25) is 4.79 Å². The lowest BCUT2D eigenvalue weighted by molar-refractivity contribution is -0.139. The van der Waals surface area contributed by atoms with E-state index < -0.39 is 10.0 Å². The molecule has 1 fully saturated rings. The molecule has 0 bridgehead atoms. The number of benzene rings is 2. The number of rotatable bonds is 8. The summed E-state index contributed by atoms with van der Waals surface area (Å²) in [5.74, 6) is 0.0714. The third-order valence-corrected chi connectivity index (χ3v) is 7.87. The van der Waals surface area contributed by atoms with Crippen LogP contribution in [0.2, 0.25) is 5.02 Å². The third-order valence-electron chi connectivity index (χ3n) is 5.56. The number of hydrogen-bond donors (Lipinski definition) is 0. The van der Waals surface area contributed by atoms with Crippen molar-refractivity contribution in [3.8, 4) is 0 Å². The Bertz CT molecular complexity index is 974. The van der Waals surface area contributed by atoms with Gasteiger partial charge in [0.05, 0.1) is 18.0 Å². The summed E-state index contributed by atoms with van der Waals surface area (Å²) in [6, 6.07) is 14.3. The summed E-state index contributed by atoms with van der Waals surface area (Å²) < 4.78 is 32.4. The molecule has 1 heterocycles. The number of halogens is 1. The molecule has 168 valence electrons. The number of amides is 1. The highest BCUT2D eigenvalue weighted by molar-refractivity contribution is 7.89. The molecule has 1 atom stereocenters. The molecule has 2 aromatic carbocycles. The van der Waals surface area contributed by atoms with Gasteiger partial charge in [-0.05, 0) is 41.8 Å². The van der Waals surface area contributed by atoms with Crippen molar-refractivity contribution in [2.24, 2.45) is 0 Å². The SMILES string of the molecule is CCN(CC)S(=O)(=O)c1ccc(CCC(=O)N2CCOC(c3ccc(Cl)cc3)C2)cc1. The van der Waals surface area contributed by atoms with Crippen LogP contribution in [0.15, 0.2) is 53.4 Å². The van der Waals surface area contributed by atoms with Gasteiger partial charge in [-0.1, -0.05) is 49.7 Å². The van der Waals surface area contributed by atoms with Gasteiger partial charge in [0.25, 0.3) is 0 Å². The summed E-state index contributed by atoms with van der Waals surface area (Å²) in [4.78, 5) is 14.9. The highest BCUT2D eigenvalue weighted by Gasteiger charge is 2.25. The molecule has 1 unspecified atom stereocenters. The molecule has 0 radical (unpaired) electrons. The fourth-order valence-corrected chi connectivity index (χ4v) is 5.29. The monoisotopic (exact) mass is 464 g/mol. The normalized spacial score (nSPS) is 17.2. The third kappa shape index (κ3) is 5.86. The van der Waals surface area contributed by atoms with Crippen molar-refractivity contribution in [2.75, 3.05) is 32.8 Å². The first-order valence-electron chi connectivity index (χ1n) is 10.6. The first-order valence-corrected chi connectivity index (χ1v) is 12.4. The Kier molecular flexibility index (Phi) is 8.11. The van der Waals surface area contributed by atoms with E-state index in [9.17, 15) is 13.2 Å². The van der Waals surface area contributed by atoms with Crippen LogP contribution in [0.1, 0.15) is 37.5 Å². The van der Waals surface area contributed by atoms with Crippen molar-refractivity contribution in [1.29, 1.82) is 0 Å². The van der Waals surface area contributed by atoms with Crippen LogP contribution in [-0.4, -0.2) is 56.3 Å². The van der Waals surface area contributed by atoms with Crippen LogP contribution < -0.4 is 0 Å². The summed E-state index contributed by atoms with van der Waals surface area (Å²) in [5.41, 5.74) is 1.95. The Balaban J connectivity index is 1.57. The number of ether oxygens (including phenoxy) is 1. The van der Waals surface area contributed by atoms with Gasteiger partial charge in [-0.2, -0.15) is 4.31 Å². The number of carbonyl (C=O) groups is 1. The molecule has 1 aliphatic rings. The van der Waals surface area contributed by atoms with E-state index in [-0.39, 0.29) is 16.9 Å². The predicted octanol–water partition coefficient (Wildman–Crippen LogP) is 3.90. The van der Waals surface area contributed by atoms with Crippen LogP contribution in [0.5, 0.6) is 0 Å². The highest BCUT2D eigenvalue weighted by atomic mass is 35.5. The Morgan fingerprint density at radius 3 is 2.35 bits per heavy atom. The molecule has 8 heteroatoms. The van der Waals surface area contributed by atoms with Crippen LogP contribution in [0.25, 0.3) is 0 Å². The van der Waals surface area contributed by atoms with E-state index in [1.54, 1.807) is 24.3 Å². The molecular formula is C23H29ClN2O4S. The van der Waals surface area contributed by atoms with Gasteiger partial charge < -0.3 is 9.64 Å². The number of nitrogens with zero attached hydrogens (tertiary/aromatic N) is 2. The van der Waals surface area contributed by atoms with E-state index in [0.29, 0.717) is 50.7 Å². The summed E-state index contributed by atoms with van der Waals surface area (Å²) >= 11 is 5.95. The fraction of sp³-hybridized carbons (Fsp3) is 0.435. The summed E-state index contributed by atoms with van der Waals surface area (Å²) in [6.45, 7) is 6.11. The second-order valence-corrected chi connectivity index (χ2v) is 9.86. The highest BCUT2D eigenvalue weighted by Crippen LogP contribution is 2.24. The molecule has 0 N–H and O–H groups in total. The second kappa shape index (κ2) is 10.6. The largest absolute Gasteiger partial charge is 0.370 e. The minimum Gasteiger partial charge on any atom is -0.370 e. The number of carbonyl (C=O) groups excluding carboxylic acids is 1. The molecule has 1 aliphatic heterocycles. The lowest BCUT2D eigenvalue weighted by Crippen LogP contribution is -2.42. The van der Waals surface area contributed by atoms with E-state index >= 15 is 0 Å². The first kappa shape index (κ1) is 23.7. The van der Waals surface area contributed by atoms with Crippen molar-refractivity contribution < 1.29 is 17.9 Å². The van der Waals surface area contributed by atoms with Gasteiger partial charge >= 0.3 is 0 Å². The molecule has 0 aromatic heterocycles. The van der Waals surface area contributed by atoms with Gasteiger partial charge in [0, 0.05) is 31.1 Å². The average Bonchev–Trinajstić information content (AvgIpc) is 2.79. The van der Waals surface area contributed by atoms with Gasteiger partial charge in [0.1, 0.15) is 6.10 Å². The smallest absolute Gasteiger partial charge is 0.243 e. The molecule has 0 aliphatic carbocycles. The second-order valence-electron chi connectivity index (χ2n) is 7.48. The zero-order valence-corrected chi connectivity index (χ0v) is 19.5. The topological polar surface area (TPSA) is 66.9 Å². The quantitative estimate of drug-likeness (QED) is 0.594. The lowest BCUT2D eigenvalue weighted by Gasteiger charge is -2.33.